The summed E-state index contributed by atoms with van der Waals surface area (Å²) in [5, 5.41) is 3.44. The molecule has 3 N–H and O–H groups in total. The summed E-state index contributed by atoms with van der Waals surface area (Å²) in [6.45, 7) is 3.52. The molecule has 16 heavy (non-hydrogen) atoms. The SMILES string of the molecule is CC(N)C(=O)NC(C)c1ccccc1Cl.Cl. The van der Waals surface area contributed by atoms with Crippen LogP contribution in [0.3, 0.4) is 0 Å². The highest BCUT2D eigenvalue weighted by atomic mass is 35.5. The summed E-state index contributed by atoms with van der Waals surface area (Å²) in [5.41, 5.74) is 6.35. The van der Waals surface area contributed by atoms with Crippen LogP contribution in [-0.4, -0.2) is 11.9 Å². The number of amides is 1. The standard InChI is InChI=1S/C11H15ClN2O.ClH/c1-7(13)11(15)14-8(2)9-5-3-4-6-10(9)12;/h3-8H,13H2,1-2H3,(H,14,15);1H. The second-order valence-corrected chi connectivity index (χ2v) is 3.95. The van der Waals surface area contributed by atoms with Crippen LogP contribution in [-0.2, 0) is 4.79 Å². The fraction of sp³-hybridized carbons (Fsp3) is 0.364. The minimum atomic E-state index is -0.505. The summed E-state index contributed by atoms with van der Waals surface area (Å²) >= 11 is 6.00. The zero-order chi connectivity index (χ0) is 11.4. The van der Waals surface area contributed by atoms with Crippen LogP contribution in [0.25, 0.3) is 0 Å². The van der Waals surface area contributed by atoms with Crippen molar-refractivity contribution in [3.63, 3.8) is 0 Å². The third-order valence-corrected chi connectivity index (χ3v) is 2.49. The van der Waals surface area contributed by atoms with Crippen LogP contribution in [0.2, 0.25) is 5.02 Å². The zero-order valence-corrected chi connectivity index (χ0v) is 10.8. The van der Waals surface area contributed by atoms with Crippen molar-refractivity contribution < 1.29 is 4.79 Å². The molecular formula is C11H16Cl2N2O. The zero-order valence-electron chi connectivity index (χ0n) is 9.24. The average Bonchev–Trinajstić information content (AvgIpc) is 2.18. The van der Waals surface area contributed by atoms with Crippen molar-refractivity contribution in [3.8, 4) is 0 Å². The Morgan fingerprint density at radius 2 is 1.94 bits per heavy atom. The van der Waals surface area contributed by atoms with Gasteiger partial charge in [-0.2, -0.15) is 0 Å². The van der Waals surface area contributed by atoms with Gasteiger partial charge in [-0.1, -0.05) is 29.8 Å². The van der Waals surface area contributed by atoms with E-state index in [1.54, 1.807) is 13.0 Å². The van der Waals surface area contributed by atoms with E-state index >= 15 is 0 Å². The summed E-state index contributed by atoms with van der Waals surface area (Å²) in [4.78, 5) is 11.4. The molecule has 1 amide bonds. The maximum absolute atomic E-state index is 11.4. The first-order chi connectivity index (χ1) is 7.02. The first-order valence-electron chi connectivity index (χ1n) is 4.82. The van der Waals surface area contributed by atoms with Crippen molar-refractivity contribution in [3.05, 3.63) is 34.9 Å². The van der Waals surface area contributed by atoms with Gasteiger partial charge in [-0.25, -0.2) is 0 Å². The Bertz CT molecular complexity index is 356. The first-order valence-corrected chi connectivity index (χ1v) is 5.20. The van der Waals surface area contributed by atoms with E-state index in [2.05, 4.69) is 5.32 Å². The van der Waals surface area contributed by atoms with Crippen LogP contribution >= 0.6 is 24.0 Å². The van der Waals surface area contributed by atoms with Crippen LogP contribution < -0.4 is 11.1 Å². The van der Waals surface area contributed by atoms with Crippen molar-refractivity contribution in [2.75, 3.05) is 0 Å². The first kappa shape index (κ1) is 15.2. The summed E-state index contributed by atoms with van der Waals surface area (Å²) < 4.78 is 0. The molecule has 3 nitrogen and oxygen atoms in total. The lowest BCUT2D eigenvalue weighted by Crippen LogP contribution is -2.39. The summed E-state index contributed by atoms with van der Waals surface area (Å²) in [6, 6.07) is 6.79. The molecule has 0 radical (unpaired) electrons. The van der Waals surface area contributed by atoms with Gasteiger partial charge in [-0.3, -0.25) is 4.79 Å². The molecule has 0 aromatic heterocycles. The number of carbonyl (C=O) groups excluding carboxylic acids is 1. The Balaban J connectivity index is 0.00000225. The number of hydrogen-bond donors (Lipinski definition) is 2. The van der Waals surface area contributed by atoms with E-state index in [1.807, 2.05) is 25.1 Å². The minimum Gasteiger partial charge on any atom is -0.348 e. The van der Waals surface area contributed by atoms with E-state index in [0.29, 0.717) is 5.02 Å². The molecule has 2 atom stereocenters. The summed E-state index contributed by atoms with van der Waals surface area (Å²) in [7, 11) is 0. The van der Waals surface area contributed by atoms with E-state index in [9.17, 15) is 4.79 Å². The molecule has 5 heteroatoms. The van der Waals surface area contributed by atoms with Crippen LogP contribution in [0.5, 0.6) is 0 Å². The number of benzene rings is 1. The minimum absolute atomic E-state index is 0. The lowest BCUT2D eigenvalue weighted by molar-refractivity contribution is -0.122. The molecule has 0 aliphatic rings. The van der Waals surface area contributed by atoms with Crippen molar-refractivity contribution in [2.45, 2.75) is 25.9 Å². The van der Waals surface area contributed by atoms with Gasteiger partial charge in [-0.15, -0.1) is 12.4 Å². The van der Waals surface area contributed by atoms with Gasteiger partial charge in [-0.05, 0) is 25.5 Å². The number of carbonyl (C=O) groups is 1. The van der Waals surface area contributed by atoms with Gasteiger partial charge in [0, 0.05) is 5.02 Å². The maximum Gasteiger partial charge on any atom is 0.237 e. The van der Waals surface area contributed by atoms with Gasteiger partial charge >= 0.3 is 0 Å². The number of nitrogens with two attached hydrogens (primary N) is 1. The van der Waals surface area contributed by atoms with Gasteiger partial charge in [0.2, 0.25) is 5.91 Å². The maximum atomic E-state index is 11.4. The second-order valence-electron chi connectivity index (χ2n) is 3.54. The molecule has 0 spiro atoms. The molecule has 0 saturated heterocycles. The highest BCUT2D eigenvalue weighted by Crippen LogP contribution is 2.21. The predicted octanol–water partition coefficient (Wildman–Crippen LogP) is 2.29. The van der Waals surface area contributed by atoms with Crippen molar-refractivity contribution in [2.24, 2.45) is 5.73 Å². The fourth-order valence-corrected chi connectivity index (χ4v) is 1.55. The molecule has 0 fully saturated rings. The molecule has 1 aromatic carbocycles. The van der Waals surface area contributed by atoms with E-state index in [0.717, 1.165) is 5.56 Å². The predicted molar refractivity (Wildman–Crippen MR) is 68.9 cm³/mol. The van der Waals surface area contributed by atoms with Gasteiger partial charge in [0.1, 0.15) is 0 Å². The van der Waals surface area contributed by atoms with E-state index in [-0.39, 0.29) is 24.4 Å². The number of halogens is 2. The largest absolute Gasteiger partial charge is 0.348 e. The van der Waals surface area contributed by atoms with Crippen LogP contribution in [0, 0.1) is 0 Å². The molecule has 1 rings (SSSR count). The molecule has 0 aliphatic carbocycles. The van der Waals surface area contributed by atoms with Gasteiger partial charge < -0.3 is 11.1 Å². The number of rotatable bonds is 3. The van der Waals surface area contributed by atoms with Crippen molar-refractivity contribution >= 4 is 29.9 Å². The highest BCUT2D eigenvalue weighted by Gasteiger charge is 2.14. The highest BCUT2D eigenvalue weighted by molar-refractivity contribution is 6.31. The van der Waals surface area contributed by atoms with E-state index in [4.69, 9.17) is 17.3 Å². The lowest BCUT2D eigenvalue weighted by atomic mass is 10.1. The normalized spacial score (nSPS) is 13.5. The molecule has 0 saturated carbocycles. The number of nitrogens with one attached hydrogen (secondary N) is 1. The summed E-state index contributed by atoms with van der Waals surface area (Å²) in [6.07, 6.45) is 0. The van der Waals surface area contributed by atoms with Crippen molar-refractivity contribution in [1.82, 2.24) is 5.32 Å². The van der Waals surface area contributed by atoms with E-state index in [1.165, 1.54) is 0 Å². The van der Waals surface area contributed by atoms with E-state index < -0.39 is 6.04 Å². The van der Waals surface area contributed by atoms with Gasteiger partial charge in [0.05, 0.1) is 12.1 Å². The second kappa shape index (κ2) is 6.74. The third-order valence-electron chi connectivity index (χ3n) is 2.14. The Morgan fingerprint density at radius 3 is 2.44 bits per heavy atom. The molecule has 1 aromatic rings. The third kappa shape index (κ3) is 4.00. The van der Waals surface area contributed by atoms with Crippen LogP contribution in [0.1, 0.15) is 25.5 Å². The Morgan fingerprint density at radius 1 is 1.38 bits per heavy atom. The fourth-order valence-electron chi connectivity index (χ4n) is 1.25. The number of hydrogen-bond acceptors (Lipinski definition) is 2. The topological polar surface area (TPSA) is 55.1 Å². The Kier molecular flexibility index (Phi) is 6.41. The van der Waals surface area contributed by atoms with Crippen LogP contribution in [0.15, 0.2) is 24.3 Å². The molecule has 0 heterocycles. The quantitative estimate of drug-likeness (QED) is 0.879. The molecule has 90 valence electrons. The monoisotopic (exact) mass is 262 g/mol. The molecule has 0 aliphatic heterocycles. The molecule has 2 unspecified atom stereocenters. The molecular weight excluding hydrogens is 247 g/mol. The average molecular weight is 263 g/mol. The smallest absolute Gasteiger partial charge is 0.237 e. The van der Waals surface area contributed by atoms with Crippen LogP contribution in [0.4, 0.5) is 0 Å². The Labute approximate surface area is 107 Å². The lowest BCUT2D eigenvalue weighted by Gasteiger charge is -2.16. The molecule has 0 bridgehead atoms. The van der Waals surface area contributed by atoms with Crippen molar-refractivity contribution in [1.29, 1.82) is 0 Å². The Hall–Kier alpha value is -0.770. The van der Waals surface area contributed by atoms with Gasteiger partial charge in [0.15, 0.2) is 0 Å². The van der Waals surface area contributed by atoms with Gasteiger partial charge in [0.25, 0.3) is 0 Å². The summed E-state index contributed by atoms with van der Waals surface area (Å²) in [5.74, 6) is -0.178.